The second kappa shape index (κ2) is 10.8. The highest BCUT2D eigenvalue weighted by atomic mass is 16.5. The first-order chi connectivity index (χ1) is 8.64. The average molecular weight is 258 g/mol. The quantitative estimate of drug-likeness (QED) is 0.318. The summed E-state index contributed by atoms with van der Waals surface area (Å²) in [7, 11) is 0. The summed E-state index contributed by atoms with van der Waals surface area (Å²) < 4.78 is 5.88. The van der Waals surface area contributed by atoms with Crippen LogP contribution < -0.4 is 11.3 Å². The van der Waals surface area contributed by atoms with Crippen molar-refractivity contribution >= 4 is 0 Å². The minimum atomic E-state index is -0.132. The number of rotatable bonds is 12. The highest BCUT2D eigenvalue weighted by Gasteiger charge is 2.31. The fourth-order valence-corrected chi connectivity index (χ4v) is 2.47. The molecule has 18 heavy (non-hydrogen) atoms. The van der Waals surface area contributed by atoms with E-state index in [9.17, 15) is 0 Å². The number of ether oxygens (including phenoxy) is 1. The molecule has 0 aliphatic carbocycles. The fourth-order valence-electron chi connectivity index (χ4n) is 2.47. The van der Waals surface area contributed by atoms with Crippen molar-refractivity contribution in [2.24, 2.45) is 5.84 Å². The lowest BCUT2D eigenvalue weighted by Crippen LogP contribution is -2.52. The summed E-state index contributed by atoms with van der Waals surface area (Å²) in [6, 6.07) is 0.258. The van der Waals surface area contributed by atoms with Crippen molar-refractivity contribution < 1.29 is 4.74 Å². The number of unbranched alkanes of at least 4 members (excludes halogenated alkanes) is 5. The first-order valence-corrected chi connectivity index (χ1v) is 7.74. The lowest BCUT2D eigenvalue weighted by atomic mass is 9.89. The van der Waals surface area contributed by atoms with Gasteiger partial charge in [-0.1, -0.05) is 52.4 Å². The summed E-state index contributed by atoms with van der Waals surface area (Å²) in [5, 5.41) is 0. The Bertz CT molecular complexity index is 187. The van der Waals surface area contributed by atoms with Crippen molar-refractivity contribution in [1.29, 1.82) is 0 Å². The highest BCUT2D eigenvalue weighted by Crippen LogP contribution is 2.24. The van der Waals surface area contributed by atoms with Crippen LogP contribution in [-0.2, 0) is 4.74 Å². The smallest absolute Gasteiger partial charge is 0.0817 e. The zero-order chi connectivity index (χ0) is 13.9. The standard InChI is InChI=1S/C15H34N2O/c1-5-8-9-10-11-12-13-14(17-16)15(4,6-2)18-7-3/h14,17H,5-13,16H2,1-4H3. The molecular formula is C15H34N2O. The monoisotopic (exact) mass is 258 g/mol. The van der Waals surface area contributed by atoms with Gasteiger partial charge in [-0.15, -0.1) is 0 Å². The van der Waals surface area contributed by atoms with E-state index < -0.39 is 0 Å². The Balaban J connectivity index is 3.94. The minimum absolute atomic E-state index is 0.132. The molecule has 0 rings (SSSR count). The molecule has 0 fully saturated rings. The number of hydrazine groups is 1. The van der Waals surface area contributed by atoms with Crippen LogP contribution in [0.5, 0.6) is 0 Å². The number of nitrogens with two attached hydrogens (primary N) is 1. The predicted molar refractivity (Wildman–Crippen MR) is 79.4 cm³/mol. The topological polar surface area (TPSA) is 47.3 Å². The van der Waals surface area contributed by atoms with Gasteiger partial charge in [-0.3, -0.25) is 11.3 Å². The molecule has 0 heterocycles. The molecular weight excluding hydrogens is 224 g/mol. The van der Waals surface area contributed by atoms with E-state index in [0.29, 0.717) is 0 Å². The van der Waals surface area contributed by atoms with Gasteiger partial charge in [0.25, 0.3) is 0 Å². The maximum Gasteiger partial charge on any atom is 0.0817 e. The molecule has 3 N–H and O–H groups in total. The molecule has 0 saturated carbocycles. The van der Waals surface area contributed by atoms with Crippen molar-refractivity contribution in [1.82, 2.24) is 5.43 Å². The van der Waals surface area contributed by atoms with Crippen LogP contribution in [-0.4, -0.2) is 18.2 Å². The molecule has 0 amide bonds. The Labute approximate surface area is 114 Å². The second-order valence-corrected chi connectivity index (χ2v) is 5.37. The Morgan fingerprint density at radius 3 is 2.17 bits per heavy atom. The van der Waals surface area contributed by atoms with Crippen LogP contribution in [0.1, 0.15) is 79.1 Å². The summed E-state index contributed by atoms with van der Waals surface area (Å²) >= 11 is 0. The van der Waals surface area contributed by atoms with Crippen LogP contribution in [0.2, 0.25) is 0 Å². The first kappa shape index (κ1) is 17.9. The highest BCUT2D eigenvalue weighted by molar-refractivity contribution is 4.87. The Kier molecular flexibility index (Phi) is 10.7. The zero-order valence-corrected chi connectivity index (χ0v) is 12.9. The molecule has 0 aliphatic rings. The van der Waals surface area contributed by atoms with Crippen LogP contribution in [0.25, 0.3) is 0 Å². The van der Waals surface area contributed by atoms with Gasteiger partial charge >= 0.3 is 0 Å². The average Bonchev–Trinajstić information content (AvgIpc) is 2.38. The van der Waals surface area contributed by atoms with Gasteiger partial charge in [-0.2, -0.15) is 0 Å². The third kappa shape index (κ3) is 6.72. The van der Waals surface area contributed by atoms with Crippen molar-refractivity contribution in [3.63, 3.8) is 0 Å². The van der Waals surface area contributed by atoms with Gasteiger partial charge in [0.2, 0.25) is 0 Å². The van der Waals surface area contributed by atoms with Crippen LogP contribution in [0, 0.1) is 0 Å². The van der Waals surface area contributed by atoms with Crippen molar-refractivity contribution in [3.8, 4) is 0 Å². The van der Waals surface area contributed by atoms with E-state index in [0.717, 1.165) is 19.4 Å². The zero-order valence-electron chi connectivity index (χ0n) is 12.9. The van der Waals surface area contributed by atoms with Gasteiger partial charge < -0.3 is 4.74 Å². The van der Waals surface area contributed by atoms with Crippen LogP contribution in [0.4, 0.5) is 0 Å². The Morgan fingerprint density at radius 1 is 1.06 bits per heavy atom. The third-order valence-corrected chi connectivity index (χ3v) is 3.96. The normalized spacial score (nSPS) is 16.5. The minimum Gasteiger partial charge on any atom is -0.374 e. The largest absolute Gasteiger partial charge is 0.374 e. The molecule has 2 unspecified atom stereocenters. The molecule has 0 aromatic rings. The van der Waals surface area contributed by atoms with E-state index >= 15 is 0 Å². The first-order valence-electron chi connectivity index (χ1n) is 7.74. The molecule has 0 saturated heterocycles. The van der Waals surface area contributed by atoms with Gasteiger partial charge in [-0.05, 0) is 26.7 Å². The van der Waals surface area contributed by atoms with Gasteiger partial charge in [-0.25, -0.2) is 0 Å². The summed E-state index contributed by atoms with van der Waals surface area (Å²) in [6.07, 6.45) is 10.0. The molecule has 0 aromatic carbocycles. The molecule has 3 nitrogen and oxygen atoms in total. The van der Waals surface area contributed by atoms with E-state index in [-0.39, 0.29) is 11.6 Å². The molecule has 110 valence electrons. The number of nitrogens with one attached hydrogen (secondary N) is 1. The van der Waals surface area contributed by atoms with Gasteiger partial charge in [0.05, 0.1) is 5.60 Å². The maximum atomic E-state index is 5.88. The predicted octanol–water partition coefficient (Wildman–Crippen LogP) is 3.77. The molecule has 0 radical (unpaired) electrons. The van der Waals surface area contributed by atoms with E-state index in [1.807, 2.05) is 6.92 Å². The van der Waals surface area contributed by atoms with Gasteiger partial charge in [0, 0.05) is 12.6 Å². The summed E-state index contributed by atoms with van der Waals surface area (Å²) in [5.74, 6) is 5.70. The molecule has 0 bridgehead atoms. The SMILES string of the molecule is CCCCCCCCC(NN)C(C)(CC)OCC. The molecule has 0 aliphatic heterocycles. The summed E-state index contributed by atoms with van der Waals surface area (Å²) in [5.41, 5.74) is 2.82. The maximum absolute atomic E-state index is 5.88. The number of hydrogen-bond acceptors (Lipinski definition) is 3. The van der Waals surface area contributed by atoms with E-state index in [1.54, 1.807) is 0 Å². The van der Waals surface area contributed by atoms with Gasteiger partial charge in [0.1, 0.15) is 0 Å². The van der Waals surface area contributed by atoms with Crippen LogP contribution >= 0.6 is 0 Å². The lowest BCUT2D eigenvalue weighted by Gasteiger charge is -2.36. The van der Waals surface area contributed by atoms with Crippen LogP contribution in [0.3, 0.4) is 0 Å². The summed E-state index contributed by atoms with van der Waals surface area (Å²) in [4.78, 5) is 0. The number of hydrogen-bond donors (Lipinski definition) is 2. The lowest BCUT2D eigenvalue weighted by molar-refractivity contribution is -0.0575. The Hall–Kier alpha value is -0.120. The van der Waals surface area contributed by atoms with Crippen molar-refractivity contribution in [2.75, 3.05) is 6.61 Å². The van der Waals surface area contributed by atoms with E-state index in [1.165, 1.54) is 38.5 Å². The van der Waals surface area contributed by atoms with Gasteiger partial charge in [0.15, 0.2) is 0 Å². The second-order valence-electron chi connectivity index (χ2n) is 5.37. The fraction of sp³-hybridized carbons (Fsp3) is 1.00. The van der Waals surface area contributed by atoms with E-state index in [2.05, 4.69) is 26.2 Å². The molecule has 0 aromatic heterocycles. The Morgan fingerprint density at radius 2 is 1.67 bits per heavy atom. The third-order valence-electron chi connectivity index (χ3n) is 3.96. The molecule has 3 heteroatoms. The molecule has 2 atom stereocenters. The molecule has 0 spiro atoms. The van der Waals surface area contributed by atoms with Crippen LogP contribution in [0.15, 0.2) is 0 Å². The van der Waals surface area contributed by atoms with Crippen molar-refractivity contribution in [2.45, 2.75) is 90.7 Å². The van der Waals surface area contributed by atoms with E-state index in [4.69, 9.17) is 10.6 Å². The van der Waals surface area contributed by atoms with Crippen molar-refractivity contribution in [3.05, 3.63) is 0 Å². The summed E-state index contributed by atoms with van der Waals surface area (Å²) in [6.45, 7) is 9.38.